The fraction of sp³-hybridized carbons (Fsp3) is 0.455. The Balaban J connectivity index is 0.00000225. The lowest BCUT2D eigenvalue weighted by atomic mass is 9.82. The van der Waals surface area contributed by atoms with Gasteiger partial charge in [0.05, 0.1) is 4.47 Å². The van der Waals surface area contributed by atoms with E-state index in [1.807, 2.05) is 13.8 Å². The Bertz CT molecular complexity index is 360. The zero-order valence-electron chi connectivity index (χ0n) is 9.21. The van der Waals surface area contributed by atoms with E-state index in [4.69, 9.17) is 10.8 Å². The molecule has 0 bridgehead atoms. The van der Waals surface area contributed by atoms with Crippen molar-refractivity contribution in [3.63, 3.8) is 0 Å². The van der Waals surface area contributed by atoms with Crippen LogP contribution in [0.3, 0.4) is 0 Å². The molecule has 0 saturated carbocycles. The second-order valence-electron chi connectivity index (χ2n) is 4.30. The van der Waals surface area contributed by atoms with E-state index in [9.17, 15) is 4.39 Å². The molecule has 0 aliphatic heterocycles. The van der Waals surface area contributed by atoms with Gasteiger partial charge in [-0.2, -0.15) is 0 Å². The SMILES string of the molecule is CC(C)(CO)[C@H](N)c1ccc(Br)c(F)c1.Cl. The molecular weight excluding hydrogens is 296 g/mol. The number of rotatable bonds is 3. The number of benzene rings is 1. The van der Waals surface area contributed by atoms with E-state index in [0.29, 0.717) is 10.0 Å². The highest BCUT2D eigenvalue weighted by Gasteiger charge is 2.27. The zero-order chi connectivity index (χ0) is 11.6. The van der Waals surface area contributed by atoms with Gasteiger partial charge in [0.2, 0.25) is 0 Å². The minimum Gasteiger partial charge on any atom is -0.396 e. The summed E-state index contributed by atoms with van der Waals surface area (Å²) < 4.78 is 13.7. The van der Waals surface area contributed by atoms with Crippen LogP contribution in [0, 0.1) is 11.2 Å². The summed E-state index contributed by atoms with van der Waals surface area (Å²) in [7, 11) is 0. The van der Waals surface area contributed by atoms with Gasteiger partial charge in [-0.15, -0.1) is 12.4 Å². The van der Waals surface area contributed by atoms with Crippen molar-refractivity contribution in [2.75, 3.05) is 6.61 Å². The van der Waals surface area contributed by atoms with Crippen LogP contribution < -0.4 is 5.73 Å². The molecule has 0 saturated heterocycles. The highest BCUT2D eigenvalue weighted by atomic mass is 79.9. The van der Waals surface area contributed by atoms with Crippen molar-refractivity contribution in [1.82, 2.24) is 0 Å². The molecule has 2 nitrogen and oxygen atoms in total. The number of hydrogen-bond donors (Lipinski definition) is 2. The van der Waals surface area contributed by atoms with Crippen molar-refractivity contribution in [1.29, 1.82) is 0 Å². The Morgan fingerprint density at radius 3 is 2.50 bits per heavy atom. The third kappa shape index (κ3) is 3.42. The normalized spacial score (nSPS) is 13.1. The van der Waals surface area contributed by atoms with E-state index in [0.717, 1.165) is 0 Å². The van der Waals surface area contributed by atoms with Crippen molar-refractivity contribution in [3.8, 4) is 0 Å². The lowest BCUT2D eigenvalue weighted by molar-refractivity contribution is 0.132. The Labute approximate surface area is 110 Å². The van der Waals surface area contributed by atoms with Crippen LogP contribution in [0.1, 0.15) is 25.5 Å². The number of hydrogen-bond acceptors (Lipinski definition) is 2. The summed E-state index contributed by atoms with van der Waals surface area (Å²) in [5.74, 6) is -0.336. The van der Waals surface area contributed by atoms with Crippen molar-refractivity contribution in [2.45, 2.75) is 19.9 Å². The van der Waals surface area contributed by atoms with Crippen molar-refractivity contribution < 1.29 is 9.50 Å². The summed E-state index contributed by atoms with van der Waals surface area (Å²) in [6, 6.07) is 4.39. The molecule has 0 aliphatic carbocycles. The fourth-order valence-electron chi connectivity index (χ4n) is 1.26. The Morgan fingerprint density at radius 2 is 2.06 bits per heavy atom. The Morgan fingerprint density at radius 1 is 1.50 bits per heavy atom. The monoisotopic (exact) mass is 311 g/mol. The molecule has 1 aromatic carbocycles. The average Bonchev–Trinajstić information content (AvgIpc) is 2.21. The van der Waals surface area contributed by atoms with Crippen molar-refractivity contribution in [3.05, 3.63) is 34.1 Å². The maximum atomic E-state index is 13.3. The molecule has 16 heavy (non-hydrogen) atoms. The first kappa shape index (κ1) is 15.8. The predicted molar refractivity (Wildman–Crippen MR) is 69.1 cm³/mol. The summed E-state index contributed by atoms with van der Waals surface area (Å²) in [5, 5.41) is 9.17. The first-order valence-corrected chi connectivity index (χ1v) is 5.49. The van der Waals surface area contributed by atoms with E-state index >= 15 is 0 Å². The topological polar surface area (TPSA) is 46.2 Å². The molecule has 0 unspecified atom stereocenters. The molecule has 0 heterocycles. The van der Waals surface area contributed by atoms with Crippen LogP contribution in [0.25, 0.3) is 0 Å². The summed E-state index contributed by atoms with van der Waals surface area (Å²) in [4.78, 5) is 0. The van der Waals surface area contributed by atoms with Gasteiger partial charge in [0.25, 0.3) is 0 Å². The summed E-state index contributed by atoms with van der Waals surface area (Å²) >= 11 is 3.08. The van der Waals surface area contributed by atoms with Gasteiger partial charge in [-0.05, 0) is 33.6 Å². The number of nitrogens with two attached hydrogens (primary N) is 1. The molecule has 92 valence electrons. The molecule has 0 radical (unpaired) electrons. The van der Waals surface area contributed by atoms with Gasteiger partial charge in [-0.3, -0.25) is 0 Å². The third-order valence-corrected chi connectivity index (χ3v) is 3.20. The van der Waals surface area contributed by atoms with Crippen LogP contribution in [-0.4, -0.2) is 11.7 Å². The van der Waals surface area contributed by atoms with Crippen molar-refractivity contribution >= 4 is 28.3 Å². The minimum atomic E-state index is -0.458. The standard InChI is InChI=1S/C11H15BrFNO.ClH/c1-11(2,6-15)10(14)7-3-4-8(12)9(13)5-7;/h3-5,10,15H,6,14H2,1-2H3;1H/t10-;/m1./s1. The molecule has 3 N–H and O–H groups in total. The first-order chi connectivity index (χ1) is 6.88. The van der Waals surface area contributed by atoms with Gasteiger partial charge in [-0.1, -0.05) is 19.9 Å². The molecule has 1 aromatic rings. The maximum Gasteiger partial charge on any atom is 0.137 e. The highest BCUT2D eigenvalue weighted by Crippen LogP contribution is 2.31. The lowest BCUT2D eigenvalue weighted by Crippen LogP contribution is -2.32. The minimum absolute atomic E-state index is 0. The van der Waals surface area contributed by atoms with Gasteiger partial charge < -0.3 is 10.8 Å². The van der Waals surface area contributed by atoms with Crippen LogP contribution in [0.2, 0.25) is 0 Å². The van der Waals surface area contributed by atoms with Crippen molar-refractivity contribution in [2.24, 2.45) is 11.1 Å². The van der Waals surface area contributed by atoms with E-state index in [-0.39, 0.29) is 30.9 Å². The van der Waals surface area contributed by atoms with Gasteiger partial charge in [0, 0.05) is 18.1 Å². The van der Waals surface area contributed by atoms with Crippen LogP contribution in [0.4, 0.5) is 4.39 Å². The second kappa shape index (κ2) is 5.96. The summed E-state index contributed by atoms with van der Waals surface area (Å²) in [5.41, 5.74) is 6.19. The van der Waals surface area contributed by atoms with Crippen LogP contribution >= 0.6 is 28.3 Å². The van der Waals surface area contributed by atoms with Gasteiger partial charge in [0.15, 0.2) is 0 Å². The van der Waals surface area contributed by atoms with Crippen LogP contribution in [0.5, 0.6) is 0 Å². The molecule has 0 aromatic heterocycles. The first-order valence-electron chi connectivity index (χ1n) is 4.70. The number of aliphatic hydroxyl groups excluding tert-OH is 1. The highest BCUT2D eigenvalue weighted by molar-refractivity contribution is 9.10. The van der Waals surface area contributed by atoms with E-state index in [1.165, 1.54) is 6.07 Å². The average molecular weight is 313 g/mol. The molecule has 5 heteroatoms. The van der Waals surface area contributed by atoms with Crippen LogP contribution in [0.15, 0.2) is 22.7 Å². The van der Waals surface area contributed by atoms with Gasteiger partial charge in [-0.25, -0.2) is 4.39 Å². The van der Waals surface area contributed by atoms with E-state index in [1.54, 1.807) is 12.1 Å². The third-order valence-electron chi connectivity index (χ3n) is 2.55. The molecule has 1 rings (SSSR count). The summed E-state index contributed by atoms with van der Waals surface area (Å²) in [6.07, 6.45) is 0. The molecule has 0 spiro atoms. The molecule has 0 aliphatic rings. The van der Waals surface area contributed by atoms with E-state index < -0.39 is 5.41 Å². The molecule has 0 amide bonds. The molecule has 0 fully saturated rings. The molecule has 1 atom stereocenters. The van der Waals surface area contributed by atoms with Crippen LogP contribution in [-0.2, 0) is 0 Å². The second-order valence-corrected chi connectivity index (χ2v) is 5.15. The largest absolute Gasteiger partial charge is 0.396 e. The predicted octanol–water partition coefficient (Wildman–Crippen LogP) is 3.03. The van der Waals surface area contributed by atoms with E-state index in [2.05, 4.69) is 15.9 Å². The summed E-state index contributed by atoms with van der Waals surface area (Å²) in [6.45, 7) is 3.65. The maximum absolute atomic E-state index is 13.3. The van der Waals surface area contributed by atoms with Gasteiger partial charge >= 0.3 is 0 Å². The smallest absolute Gasteiger partial charge is 0.137 e. The van der Waals surface area contributed by atoms with Gasteiger partial charge in [0.1, 0.15) is 5.82 Å². The zero-order valence-corrected chi connectivity index (χ0v) is 11.6. The fourth-order valence-corrected chi connectivity index (χ4v) is 1.50. The quantitative estimate of drug-likeness (QED) is 0.901. The Kier molecular flexibility index (Phi) is 5.90. The molecular formula is C11H16BrClFNO. The lowest BCUT2D eigenvalue weighted by Gasteiger charge is -2.29. The Hall–Kier alpha value is -0.160. The number of aliphatic hydroxyl groups is 1. The number of halogens is 3.